The molecule has 0 saturated heterocycles. The molecule has 158 valence electrons. The predicted octanol–water partition coefficient (Wildman–Crippen LogP) is 4.43. The Labute approximate surface area is 169 Å². The largest absolute Gasteiger partial charge is 0.573 e. The monoisotopic (exact) mass is 421 g/mol. The highest BCUT2D eigenvalue weighted by Gasteiger charge is 2.31. The van der Waals surface area contributed by atoms with Crippen LogP contribution >= 0.6 is 0 Å². The average molecular weight is 421 g/mol. The van der Waals surface area contributed by atoms with E-state index >= 15 is 0 Å². The van der Waals surface area contributed by atoms with Crippen LogP contribution in [-0.4, -0.2) is 38.0 Å². The van der Waals surface area contributed by atoms with E-state index in [-0.39, 0.29) is 35.9 Å². The number of halogens is 3. The van der Waals surface area contributed by atoms with E-state index in [0.29, 0.717) is 16.8 Å². The summed E-state index contributed by atoms with van der Waals surface area (Å²) >= 11 is 0. The van der Waals surface area contributed by atoms with Gasteiger partial charge in [0.2, 0.25) is 0 Å². The van der Waals surface area contributed by atoms with Crippen LogP contribution in [0, 0.1) is 0 Å². The van der Waals surface area contributed by atoms with Crippen LogP contribution < -0.4 is 4.74 Å². The van der Waals surface area contributed by atoms with E-state index < -0.39 is 12.0 Å². The number of rotatable bonds is 7. The lowest BCUT2D eigenvalue weighted by atomic mass is 9.99. The lowest BCUT2D eigenvalue weighted by molar-refractivity contribution is -0.274. The molecule has 0 unspecified atom stereocenters. The van der Waals surface area contributed by atoms with Crippen molar-refractivity contribution < 1.29 is 32.3 Å². The molecule has 0 amide bonds. The zero-order chi connectivity index (χ0) is 21.9. The maximum absolute atomic E-state index is 12.6. The molecular weight excluding hydrogens is 403 g/mol. The van der Waals surface area contributed by atoms with Crippen molar-refractivity contribution in [1.82, 2.24) is 15.1 Å². The molecule has 10 heteroatoms. The van der Waals surface area contributed by atoms with E-state index in [9.17, 15) is 23.1 Å². The smallest absolute Gasteiger partial charge is 0.406 e. The van der Waals surface area contributed by atoms with Gasteiger partial charge in [-0.15, -0.1) is 13.2 Å². The molecule has 2 heterocycles. The van der Waals surface area contributed by atoms with E-state index in [1.807, 2.05) is 0 Å². The van der Waals surface area contributed by atoms with Gasteiger partial charge in [-0.25, -0.2) is 9.97 Å². The van der Waals surface area contributed by atoms with Crippen molar-refractivity contribution in [2.45, 2.75) is 38.7 Å². The standard InChI is InChI=1S/C20H18F3N3O4/c1-19(2,28)8-7-17(27)16-9-15(25-18(26-16)13-10-24-29-11-13)12-3-5-14(6-4-12)30-20(21,22)23/h3-6,9-11,28H,7-8H2,1-2H3. The fourth-order valence-electron chi connectivity index (χ4n) is 2.56. The molecule has 3 aromatic rings. The van der Waals surface area contributed by atoms with Gasteiger partial charge in [-0.2, -0.15) is 0 Å². The molecule has 30 heavy (non-hydrogen) atoms. The van der Waals surface area contributed by atoms with Crippen molar-refractivity contribution >= 4 is 5.78 Å². The summed E-state index contributed by atoms with van der Waals surface area (Å²) in [6.07, 6.45) is -1.81. The van der Waals surface area contributed by atoms with Gasteiger partial charge in [0.05, 0.1) is 23.1 Å². The van der Waals surface area contributed by atoms with Gasteiger partial charge in [0.25, 0.3) is 0 Å². The molecule has 1 aromatic carbocycles. The van der Waals surface area contributed by atoms with Gasteiger partial charge in [-0.1, -0.05) is 5.16 Å². The average Bonchev–Trinajstić information content (AvgIpc) is 3.19. The van der Waals surface area contributed by atoms with Crippen LogP contribution in [0.5, 0.6) is 5.75 Å². The van der Waals surface area contributed by atoms with Gasteiger partial charge in [0.1, 0.15) is 17.7 Å². The van der Waals surface area contributed by atoms with Gasteiger partial charge < -0.3 is 14.4 Å². The Morgan fingerprint density at radius 3 is 2.40 bits per heavy atom. The highest BCUT2D eigenvalue weighted by molar-refractivity contribution is 5.95. The normalized spacial score (nSPS) is 12.1. The van der Waals surface area contributed by atoms with Crippen LogP contribution in [0.25, 0.3) is 22.6 Å². The number of alkyl halides is 3. The number of ether oxygens (including phenoxy) is 1. The van der Waals surface area contributed by atoms with Crippen LogP contribution in [0.1, 0.15) is 37.2 Å². The van der Waals surface area contributed by atoms with Gasteiger partial charge in [0, 0.05) is 12.0 Å². The van der Waals surface area contributed by atoms with E-state index in [1.54, 1.807) is 13.8 Å². The summed E-state index contributed by atoms with van der Waals surface area (Å²) in [7, 11) is 0. The molecule has 2 aromatic heterocycles. The summed E-state index contributed by atoms with van der Waals surface area (Å²) in [4.78, 5) is 21.2. The van der Waals surface area contributed by atoms with E-state index in [2.05, 4.69) is 19.9 Å². The summed E-state index contributed by atoms with van der Waals surface area (Å²) in [5, 5.41) is 13.5. The number of nitrogens with zero attached hydrogens (tertiary/aromatic N) is 3. The Morgan fingerprint density at radius 1 is 1.13 bits per heavy atom. The van der Waals surface area contributed by atoms with Crippen LogP contribution in [0.3, 0.4) is 0 Å². The zero-order valence-corrected chi connectivity index (χ0v) is 16.1. The quantitative estimate of drug-likeness (QED) is 0.564. The molecule has 0 fully saturated rings. The molecule has 0 bridgehead atoms. The van der Waals surface area contributed by atoms with Gasteiger partial charge >= 0.3 is 6.36 Å². The lowest BCUT2D eigenvalue weighted by Crippen LogP contribution is -2.20. The minimum absolute atomic E-state index is 0.0569. The van der Waals surface area contributed by atoms with Crippen LogP contribution in [0.4, 0.5) is 13.2 Å². The van der Waals surface area contributed by atoms with E-state index in [4.69, 9.17) is 4.52 Å². The molecule has 0 atom stereocenters. The van der Waals surface area contributed by atoms with Crippen molar-refractivity contribution in [2.24, 2.45) is 0 Å². The summed E-state index contributed by atoms with van der Waals surface area (Å²) in [6.45, 7) is 3.19. The minimum atomic E-state index is -4.79. The Hall–Kier alpha value is -3.27. The van der Waals surface area contributed by atoms with Crippen molar-refractivity contribution in [3.8, 4) is 28.4 Å². The van der Waals surface area contributed by atoms with Gasteiger partial charge in [-0.3, -0.25) is 4.79 Å². The predicted molar refractivity (Wildman–Crippen MR) is 99.5 cm³/mol. The number of hydrogen-bond acceptors (Lipinski definition) is 7. The third kappa shape index (κ3) is 5.86. The number of hydrogen-bond donors (Lipinski definition) is 1. The van der Waals surface area contributed by atoms with Crippen LogP contribution in [0.2, 0.25) is 0 Å². The van der Waals surface area contributed by atoms with Gasteiger partial charge in [0.15, 0.2) is 11.6 Å². The fraction of sp³-hybridized carbons (Fsp3) is 0.300. The molecule has 0 aliphatic heterocycles. The maximum atomic E-state index is 12.6. The van der Waals surface area contributed by atoms with E-state index in [0.717, 1.165) is 12.1 Å². The number of aliphatic hydroxyl groups is 1. The molecule has 0 radical (unpaired) electrons. The Morgan fingerprint density at radius 2 is 1.83 bits per heavy atom. The first-order chi connectivity index (χ1) is 14.0. The number of carbonyl (C=O) groups is 1. The molecule has 0 spiro atoms. The number of ketones is 1. The second kappa shape index (κ2) is 8.23. The maximum Gasteiger partial charge on any atom is 0.573 e. The van der Waals surface area contributed by atoms with E-state index in [1.165, 1.54) is 30.7 Å². The second-order valence-electron chi connectivity index (χ2n) is 7.18. The van der Waals surface area contributed by atoms with Crippen molar-refractivity contribution in [2.75, 3.05) is 0 Å². The third-order valence-corrected chi connectivity index (χ3v) is 4.05. The summed E-state index contributed by atoms with van der Waals surface area (Å²) in [5.41, 5.74) is 0.311. The first kappa shape index (κ1) is 21.4. The third-order valence-electron chi connectivity index (χ3n) is 4.05. The van der Waals surface area contributed by atoms with Crippen molar-refractivity contribution in [3.05, 3.63) is 48.5 Å². The number of Topliss-reactive ketones (excluding diaryl/α,β-unsaturated/α-hetero) is 1. The van der Waals surface area contributed by atoms with Gasteiger partial charge in [-0.05, 0) is 50.6 Å². The SMILES string of the molecule is CC(C)(O)CCC(=O)c1cc(-c2ccc(OC(F)(F)F)cc2)nc(-c2cnoc2)n1. The first-order valence-electron chi connectivity index (χ1n) is 8.91. The second-order valence-corrected chi connectivity index (χ2v) is 7.18. The summed E-state index contributed by atoms with van der Waals surface area (Å²) < 4.78 is 45.7. The topological polar surface area (TPSA) is 98.3 Å². The van der Waals surface area contributed by atoms with Crippen molar-refractivity contribution in [1.29, 1.82) is 0 Å². The van der Waals surface area contributed by atoms with Crippen LogP contribution in [-0.2, 0) is 0 Å². The molecule has 0 aliphatic rings. The summed E-state index contributed by atoms with van der Waals surface area (Å²) in [6, 6.07) is 6.54. The molecule has 7 nitrogen and oxygen atoms in total. The number of aromatic nitrogens is 3. The lowest BCUT2D eigenvalue weighted by Gasteiger charge is -2.16. The molecule has 3 rings (SSSR count). The molecule has 0 saturated carbocycles. The Balaban J connectivity index is 1.95. The fourth-order valence-corrected chi connectivity index (χ4v) is 2.56. The molecule has 1 N–H and O–H groups in total. The Bertz CT molecular complexity index is 1010. The highest BCUT2D eigenvalue weighted by atomic mass is 19.4. The summed E-state index contributed by atoms with van der Waals surface area (Å²) in [5.74, 6) is -0.507. The Kier molecular flexibility index (Phi) is 5.88. The first-order valence-corrected chi connectivity index (χ1v) is 8.91. The van der Waals surface area contributed by atoms with Crippen molar-refractivity contribution in [3.63, 3.8) is 0 Å². The molecular formula is C20H18F3N3O4. The van der Waals surface area contributed by atoms with Crippen LogP contribution in [0.15, 0.2) is 47.3 Å². The highest BCUT2D eigenvalue weighted by Crippen LogP contribution is 2.28. The molecule has 0 aliphatic carbocycles. The minimum Gasteiger partial charge on any atom is -0.406 e. The number of benzene rings is 1. The number of carbonyl (C=O) groups excluding carboxylic acids is 1. The zero-order valence-electron chi connectivity index (χ0n) is 16.1.